The lowest BCUT2D eigenvalue weighted by molar-refractivity contribution is -0.132. The molecule has 0 atom stereocenters. The molecule has 0 fully saturated rings. The molecule has 128 valence electrons. The standard InChI is InChI=1S/C17H20N2O3S2/c1-10-6-12(8-22-14-9-24-17(19-14)23-5)13(7-11(10)2)15(18-3)16(20)21-4/h6-7,9H,8H2,1-5H3. The van der Waals surface area contributed by atoms with E-state index >= 15 is 0 Å². The number of aliphatic imine (C=N–C) groups is 1. The van der Waals surface area contributed by atoms with Crippen LogP contribution in [0.3, 0.4) is 0 Å². The van der Waals surface area contributed by atoms with E-state index in [1.165, 1.54) is 7.11 Å². The minimum absolute atomic E-state index is 0.294. The van der Waals surface area contributed by atoms with Crippen molar-refractivity contribution in [3.63, 3.8) is 0 Å². The molecule has 0 aliphatic heterocycles. The van der Waals surface area contributed by atoms with Crippen LogP contribution >= 0.6 is 23.1 Å². The Bertz CT molecular complexity index is 769. The summed E-state index contributed by atoms with van der Waals surface area (Å²) < 4.78 is 11.6. The van der Waals surface area contributed by atoms with E-state index in [4.69, 9.17) is 9.47 Å². The first-order chi connectivity index (χ1) is 11.5. The molecule has 7 heteroatoms. The van der Waals surface area contributed by atoms with Crippen molar-refractivity contribution in [1.29, 1.82) is 0 Å². The van der Waals surface area contributed by atoms with Crippen LogP contribution < -0.4 is 4.74 Å². The number of aromatic nitrogens is 1. The molecule has 1 heterocycles. The number of thiazole rings is 1. The number of esters is 1. The molecule has 0 N–H and O–H groups in total. The molecule has 0 radical (unpaired) electrons. The summed E-state index contributed by atoms with van der Waals surface area (Å²) in [6.45, 7) is 4.33. The number of rotatable bonds is 6. The Morgan fingerprint density at radius 2 is 2.04 bits per heavy atom. The van der Waals surface area contributed by atoms with Crippen LogP contribution in [0, 0.1) is 13.8 Å². The van der Waals surface area contributed by atoms with Crippen LogP contribution in [0.5, 0.6) is 5.88 Å². The van der Waals surface area contributed by atoms with Gasteiger partial charge < -0.3 is 9.47 Å². The summed E-state index contributed by atoms with van der Waals surface area (Å²) in [6, 6.07) is 3.96. The number of methoxy groups -OCH3 is 1. The number of ether oxygens (including phenoxy) is 2. The summed E-state index contributed by atoms with van der Waals surface area (Å²) >= 11 is 3.12. The summed E-state index contributed by atoms with van der Waals surface area (Å²) in [7, 11) is 2.93. The number of nitrogens with zero attached hydrogens (tertiary/aromatic N) is 2. The monoisotopic (exact) mass is 364 g/mol. The van der Waals surface area contributed by atoms with Crippen LogP contribution in [0.25, 0.3) is 0 Å². The van der Waals surface area contributed by atoms with E-state index in [2.05, 4.69) is 9.98 Å². The van der Waals surface area contributed by atoms with Crippen LogP contribution in [0.4, 0.5) is 0 Å². The number of hydrogen-bond donors (Lipinski definition) is 0. The van der Waals surface area contributed by atoms with E-state index < -0.39 is 5.97 Å². The number of hydrogen-bond acceptors (Lipinski definition) is 7. The highest BCUT2D eigenvalue weighted by Gasteiger charge is 2.19. The van der Waals surface area contributed by atoms with Crippen molar-refractivity contribution >= 4 is 34.8 Å². The Kier molecular flexibility index (Phi) is 6.39. The molecule has 0 aliphatic rings. The topological polar surface area (TPSA) is 60.8 Å². The van der Waals surface area contributed by atoms with E-state index in [0.29, 0.717) is 18.2 Å². The first-order valence-electron chi connectivity index (χ1n) is 7.28. The molecule has 0 unspecified atom stereocenters. The fourth-order valence-electron chi connectivity index (χ4n) is 2.19. The fraction of sp³-hybridized carbons (Fsp3) is 0.353. The molecule has 2 aromatic rings. The van der Waals surface area contributed by atoms with Crippen molar-refractivity contribution in [2.24, 2.45) is 4.99 Å². The first kappa shape index (κ1) is 18.5. The average Bonchev–Trinajstić information content (AvgIpc) is 3.05. The number of aryl methyl sites for hydroxylation is 2. The number of carbonyl (C=O) groups is 1. The van der Waals surface area contributed by atoms with E-state index in [-0.39, 0.29) is 0 Å². The van der Waals surface area contributed by atoms with Gasteiger partial charge in [0.1, 0.15) is 6.61 Å². The van der Waals surface area contributed by atoms with Crippen molar-refractivity contribution in [2.45, 2.75) is 24.8 Å². The van der Waals surface area contributed by atoms with Crippen LogP contribution in [0.2, 0.25) is 0 Å². The lowest BCUT2D eigenvalue weighted by Gasteiger charge is -2.14. The van der Waals surface area contributed by atoms with E-state index in [1.54, 1.807) is 30.1 Å². The van der Waals surface area contributed by atoms with Gasteiger partial charge in [0.05, 0.1) is 12.5 Å². The molecule has 0 saturated carbocycles. The quantitative estimate of drug-likeness (QED) is 0.445. The fourth-order valence-corrected chi connectivity index (χ4v) is 3.36. The number of carbonyl (C=O) groups excluding carboxylic acids is 1. The molecule has 1 aromatic heterocycles. The highest BCUT2D eigenvalue weighted by molar-refractivity contribution is 8.00. The van der Waals surface area contributed by atoms with Crippen molar-refractivity contribution in [1.82, 2.24) is 4.98 Å². The molecular weight excluding hydrogens is 344 g/mol. The largest absolute Gasteiger partial charge is 0.472 e. The molecule has 0 amide bonds. The van der Waals surface area contributed by atoms with Gasteiger partial charge in [0, 0.05) is 12.6 Å². The summed E-state index contributed by atoms with van der Waals surface area (Å²) in [5.74, 6) is 0.127. The third kappa shape index (κ3) is 4.15. The minimum atomic E-state index is -0.458. The summed E-state index contributed by atoms with van der Waals surface area (Å²) in [4.78, 5) is 20.5. The van der Waals surface area contributed by atoms with Gasteiger partial charge in [0.25, 0.3) is 0 Å². The van der Waals surface area contributed by atoms with Crippen molar-refractivity contribution in [3.8, 4) is 5.88 Å². The van der Waals surface area contributed by atoms with Gasteiger partial charge >= 0.3 is 5.97 Å². The Balaban J connectivity index is 2.33. The van der Waals surface area contributed by atoms with Gasteiger partial charge in [-0.1, -0.05) is 17.8 Å². The highest BCUT2D eigenvalue weighted by Crippen LogP contribution is 2.25. The van der Waals surface area contributed by atoms with Gasteiger partial charge in [-0.2, -0.15) is 4.98 Å². The van der Waals surface area contributed by atoms with Crippen molar-refractivity contribution in [2.75, 3.05) is 20.4 Å². The maximum absolute atomic E-state index is 12.0. The van der Waals surface area contributed by atoms with Crippen molar-refractivity contribution in [3.05, 3.63) is 39.8 Å². The molecule has 0 spiro atoms. The molecule has 0 aliphatic carbocycles. The Labute approximate surface area is 150 Å². The van der Waals surface area contributed by atoms with Crippen molar-refractivity contribution < 1.29 is 14.3 Å². The highest BCUT2D eigenvalue weighted by atomic mass is 32.2. The zero-order chi connectivity index (χ0) is 17.7. The molecule has 0 bridgehead atoms. The molecule has 0 saturated heterocycles. The van der Waals surface area contributed by atoms with Gasteiger partial charge in [-0.15, -0.1) is 11.3 Å². The van der Waals surface area contributed by atoms with Crippen LogP contribution in [-0.2, 0) is 16.1 Å². The second kappa shape index (κ2) is 8.30. The molecular formula is C17H20N2O3S2. The molecule has 2 rings (SSSR count). The second-order valence-electron chi connectivity index (χ2n) is 5.10. The minimum Gasteiger partial charge on any atom is -0.472 e. The van der Waals surface area contributed by atoms with Crippen LogP contribution in [-0.4, -0.2) is 37.1 Å². The van der Waals surface area contributed by atoms with Gasteiger partial charge in [0.2, 0.25) is 5.88 Å². The van der Waals surface area contributed by atoms with Crippen LogP contribution in [0.15, 0.2) is 26.8 Å². The van der Waals surface area contributed by atoms with Gasteiger partial charge in [-0.05, 0) is 42.9 Å². The third-order valence-electron chi connectivity index (χ3n) is 3.59. The smallest absolute Gasteiger partial charge is 0.356 e. The molecule has 5 nitrogen and oxygen atoms in total. The lowest BCUT2D eigenvalue weighted by atomic mass is 9.97. The van der Waals surface area contributed by atoms with Gasteiger partial charge in [-0.25, -0.2) is 4.79 Å². The Morgan fingerprint density at radius 3 is 2.62 bits per heavy atom. The summed E-state index contributed by atoms with van der Waals surface area (Å²) in [6.07, 6.45) is 1.98. The SMILES string of the molecule is CN=C(C(=O)OC)c1cc(C)c(C)cc1COc1csc(SC)n1. The van der Waals surface area contributed by atoms with Gasteiger partial charge in [-0.3, -0.25) is 4.99 Å². The zero-order valence-corrected chi connectivity index (χ0v) is 16.0. The number of thioether (sulfide) groups is 1. The summed E-state index contributed by atoms with van der Waals surface area (Å²) in [5.41, 5.74) is 4.11. The normalized spacial score (nSPS) is 11.5. The lowest BCUT2D eigenvalue weighted by Crippen LogP contribution is -2.20. The maximum Gasteiger partial charge on any atom is 0.356 e. The van der Waals surface area contributed by atoms with E-state index in [9.17, 15) is 4.79 Å². The molecule has 1 aromatic carbocycles. The van der Waals surface area contributed by atoms with Crippen LogP contribution in [0.1, 0.15) is 22.3 Å². The Morgan fingerprint density at radius 1 is 1.33 bits per heavy atom. The van der Waals surface area contributed by atoms with E-state index in [1.807, 2.05) is 37.6 Å². The van der Waals surface area contributed by atoms with E-state index in [0.717, 1.165) is 26.6 Å². The Hall–Kier alpha value is -1.86. The third-order valence-corrected chi connectivity index (χ3v) is 5.43. The molecule has 24 heavy (non-hydrogen) atoms. The zero-order valence-electron chi connectivity index (χ0n) is 14.4. The second-order valence-corrected chi connectivity index (χ2v) is 7.01. The number of benzene rings is 1. The predicted octanol–water partition coefficient (Wildman–Crippen LogP) is 3.65. The maximum atomic E-state index is 12.0. The van der Waals surface area contributed by atoms with Gasteiger partial charge in [0.15, 0.2) is 10.1 Å². The average molecular weight is 364 g/mol. The summed E-state index contributed by atoms with van der Waals surface area (Å²) in [5, 5.41) is 1.88. The first-order valence-corrected chi connectivity index (χ1v) is 9.38. The predicted molar refractivity (Wildman–Crippen MR) is 98.6 cm³/mol.